The van der Waals surface area contributed by atoms with Crippen molar-refractivity contribution in [3.8, 4) is 16.9 Å². The molecule has 0 bridgehead atoms. The van der Waals surface area contributed by atoms with Gasteiger partial charge >= 0.3 is 0 Å². The average molecular weight is 315 g/mol. The first-order chi connectivity index (χ1) is 11.0. The first-order valence-corrected chi connectivity index (χ1v) is 6.89. The quantitative estimate of drug-likeness (QED) is 0.409. The Kier molecular flexibility index (Phi) is 5.29. The topological polar surface area (TPSA) is 125 Å². The molecule has 0 heterocycles. The van der Waals surface area contributed by atoms with Crippen LogP contribution in [0.5, 0.6) is 5.75 Å². The van der Waals surface area contributed by atoms with Gasteiger partial charge in [-0.3, -0.25) is 14.8 Å². The van der Waals surface area contributed by atoms with Gasteiger partial charge in [-0.15, -0.1) is 0 Å². The molecule has 0 spiro atoms. The highest BCUT2D eigenvalue weighted by Crippen LogP contribution is 2.22. The zero-order chi connectivity index (χ0) is 16.8. The van der Waals surface area contributed by atoms with Crippen LogP contribution < -0.4 is 16.5 Å². The summed E-state index contributed by atoms with van der Waals surface area (Å²) >= 11 is 0. The number of nitrogens with one attached hydrogen (secondary N) is 2. The fourth-order valence-corrected chi connectivity index (χ4v) is 2.02. The molecule has 0 aliphatic rings. The van der Waals surface area contributed by atoms with Gasteiger partial charge in [-0.25, -0.2) is 5.48 Å². The van der Waals surface area contributed by atoms with Crippen LogP contribution in [0.2, 0.25) is 0 Å². The maximum Gasteiger partial charge on any atom is 0.267 e. The van der Waals surface area contributed by atoms with E-state index in [1.807, 2.05) is 0 Å². The van der Waals surface area contributed by atoms with Crippen molar-refractivity contribution in [1.29, 1.82) is 0 Å². The second-order valence-electron chi connectivity index (χ2n) is 4.86. The molecule has 23 heavy (non-hydrogen) atoms. The third-order valence-electron chi connectivity index (χ3n) is 3.32. The predicted molar refractivity (Wildman–Crippen MR) is 83.8 cm³/mol. The van der Waals surface area contributed by atoms with Crippen molar-refractivity contribution in [3.63, 3.8) is 0 Å². The summed E-state index contributed by atoms with van der Waals surface area (Å²) in [6.07, 6.45) is 0. The van der Waals surface area contributed by atoms with E-state index in [1.165, 1.54) is 5.48 Å². The summed E-state index contributed by atoms with van der Waals surface area (Å²) in [5.41, 5.74) is 8.97. The summed E-state index contributed by atoms with van der Waals surface area (Å²) in [5.74, 6) is -1.07. The lowest BCUT2D eigenvalue weighted by Gasteiger charge is -2.14. The molecule has 2 amide bonds. The molecule has 7 heteroatoms. The summed E-state index contributed by atoms with van der Waals surface area (Å²) in [5, 5.41) is 20.3. The maximum atomic E-state index is 12.1. The van der Waals surface area contributed by atoms with Gasteiger partial charge in [0.25, 0.3) is 11.8 Å². The summed E-state index contributed by atoms with van der Waals surface area (Å²) in [4.78, 5) is 23.4. The molecule has 0 aliphatic heterocycles. The molecule has 2 rings (SSSR count). The second kappa shape index (κ2) is 7.39. The number of carbonyl (C=O) groups excluding carboxylic acids is 2. The molecule has 2 aromatic rings. The van der Waals surface area contributed by atoms with E-state index >= 15 is 0 Å². The SMILES string of the molecule is NC[C@H](NC(=O)c1ccc(-c2ccc(O)cc2)cc1)C(=O)NO. The molecule has 120 valence electrons. The fourth-order valence-electron chi connectivity index (χ4n) is 2.02. The monoisotopic (exact) mass is 315 g/mol. The molecular weight excluding hydrogens is 298 g/mol. The van der Waals surface area contributed by atoms with Crippen molar-refractivity contribution in [2.45, 2.75) is 6.04 Å². The standard InChI is InChI=1S/C16H17N3O4/c17-9-14(16(22)19-23)18-15(21)12-3-1-10(2-4-12)11-5-7-13(20)8-6-11/h1-8,14,20,23H,9,17H2,(H,18,21)(H,19,22)/t14-/m0/s1. The van der Waals surface area contributed by atoms with Crippen LogP contribution in [-0.2, 0) is 4.79 Å². The van der Waals surface area contributed by atoms with Gasteiger partial charge in [0.05, 0.1) is 0 Å². The maximum absolute atomic E-state index is 12.1. The highest BCUT2D eigenvalue weighted by atomic mass is 16.5. The van der Waals surface area contributed by atoms with Crippen molar-refractivity contribution < 1.29 is 19.9 Å². The van der Waals surface area contributed by atoms with Crippen LogP contribution >= 0.6 is 0 Å². The summed E-state index contributed by atoms with van der Waals surface area (Å²) < 4.78 is 0. The van der Waals surface area contributed by atoms with Gasteiger partial charge in [0.15, 0.2) is 0 Å². The first-order valence-electron chi connectivity index (χ1n) is 6.89. The minimum absolute atomic E-state index is 0.135. The number of hydroxylamine groups is 1. The summed E-state index contributed by atoms with van der Waals surface area (Å²) in [7, 11) is 0. The van der Waals surface area contributed by atoms with E-state index in [4.69, 9.17) is 10.9 Å². The van der Waals surface area contributed by atoms with Crippen LogP contribution in [0.15, 0.2) is 48.5 Å². The van der Waals surface area contributed by atoms with Crippen LogP contribution in [0.3, 0.4) is 0 Å². The van der Waals surface area contributed by atoms with Crippen molar-refractivity contribution in [3.05, 3.63) is 54.1 Å². The Bertz CT molecular complexity index is 683. The molecule has 0 aliphatic carbocycles. The lowest BCUT2D eigenvalue weighted by Crippen LogP contribution is -2.50. The molecule has 0 radical (unpaired) electrons. The largest absolute Gasteiger partial charge is 0.508 e. The zero-order valence-corrected chi connectivity index (χ0v) is 12.2. The number of benzene rings is 2. The lowest BCUT2D eigenvalue weighted by molar-refractivity contribution is -0.130. The summed E-state index contributed by atoms with van der Waals surface area (Å²) in [6.45, 7) is -0.135. The highest BCUT2D eigenvalue weighted by molar-refractivity contribution is 5.97. The third-order valence-corrected chi connectivity index (χ3v) is 3.32. The third kappa shape index (κ3) is 4.06. The van der Waals surface area contributed by atoms with Gasteiger partial charge in [-0.1, -0.05) is 24.3 Å². The number of aromatic hydroxyl groups is 1. The van der Waals surface area contributed by atoms with E-state index in [0.717, 1.165) is 11.1 Å². The van der Waals surface area contributed by atoms with Crippen LogP contribution in [-0.4, -0.2) is 34.7 Å². The molecule has 0 saturated heterocycles. The number of phenols is 1. The molecule has 0 fully saturated rings. The zero-order valence-electron chi connectivity index (χ0n) is 12.2. The Morgan fingerprint density at radius 1 is 1.00 bits per heavy atom. The molecule has 7 nitrogen and oxygen atoms in total. The van der Waals surface area contributed by atoms with Crippen LogP contribution in [0.25, 0.3) is 11.1 Å². The Hall–Kier alpha value is -2.90. The van der Waals surface area contributed by atoms with E-state index in [-0.39, 0.29) is 12.3 Å². The van der Waals surface area contributed by atoms with Crippen LogP contribution in [0.4, 0.5) is 0 Å². The van der Waals surface area contributed by atoms with E-state index in [0.29, 0.717) is 5.56 Å². The number of hydrogen-bond donors (Lipinski definition) is 5. The van der Waals surface area contributed by atoms with E-state index in [9.17, 15) is 14.7 Å². The van der Waals surface area contributed by atoms with Gasteiger partial charge in [0.2, 0.25) is 0 Å². The molecule has 1 atom stereocenters. The van der Waals surface area contributed by atoms with Crippen molar-refractivity contribution in [1.82, 2.24) is 10.8 Å². The highest BCUT2D eigenvalue weighted by Gasteiger charge is 2.19. The average Bonchev–Trinajstić information content (AvgIpc) is 2.59. The van der Waals surface area contributed by atoms with E-state index < -0.39 is 17.9 Å². The molecule has 6 N–H and O–H groups in total. The molecular formula is C16H17N3O4. The minimum Gasteiger partial charge on any atom is -0.508 e. The summed E-state index contributed by atoms with van der Waals surface area (Å²) in [6, 6.07) is 12.4. The predicted octanol–water partition coefficient (Wildman–Crippen LogP) is 0.622. The molecule has 0 aromatic heterocycles. The van der Waals surface area contributed by atoms with Crippen LogP contribution in [0.1, 0.15) is 10.4 Å². The number of nitrogens with two attached hydrogens (primary N) is 1. The lowest BCUT2D eigenvalue weighted by atomic mass is 10.0. The van der Waals surface area contributed by atoms with Crippen molar-refractivity contribution in [2.75, 3.05) is 6.54 Å². The Balaban J connectivity index is 2.11. The number of rotatable bonds is 5. The molecule has 0 unspecified atom stereocenters. The van der Waals surface area contributed by atoms with E-state index in [2.05, 4.69) is 5.32 Å². The second-order valence-corrected chi connectivity index (χ2v) is 4.86. The number of carbonyl (C=O) groups is 2. The van der Waals surface area contributed by atoms with Crippen molar-refractivity contribution >= 4 is 11.8 Å². The minimum atomic E-state index is -1.01. The Labute approximate surface area is 132 Å². The first kappa shape index (κ1) is 16.5. The smallest absolute Gasteiger partial charge is 0.267 e. The van der Waals surface area contributed by atoms with Gasteiger partial charge in [0, 0.05) is 12.1 Å². The molecule has 0 saturated carbocycles. The van der Waals surface area contributed by atoms with Gasteiger partial charge in [0.1, 0.15) is 11.8 Å². The normalized spacial score (nSPS) is 11.6. The molecule has 2 aromatic carbocycles. The van der Waals surface area contributed by atoms with Gasteiger partial charge < -0.3 is 16.2 Å². The van der Waals surface area contributed by atoms with Gasteiger partial charge in [-0.05, 0) is 35.4 Å². The van der Waals surface area contributed by atoms with Crippen molar-refractivity contribution in [2.24, 2.45) is 5.73 Å². The number of hydrogen-bond acceptors (Lipinski definition) is 5. The fraction of sp³-hybridized carbons (Fsp3) is 0.125. The Morgan fingerprint density at radius 3 is 2.00 bits per heavy atom. The number of amides is 2. The number of phenolic OH excluding ortho intramolecular Hbond substituents is 1. The van der Waals surface area contributed by atoms with Crippen LogP contribution in [0, 0.1) is 0 Å². The Morgan fingerprint density at radius 2 is 1.52 bits per heavy atom. The van der Waals surface area contributed by atoms with E-state index in [1.54, 1.807) is 48.5 Å². The van der Waals surface area contributed by atoms with Gasteiger partial charge in [-0.2, -0.15) is 0 Å².